The maximum atomic E-state index is 12.5. The quantitative estimate of drug-likeness (QED) is 0.123. The third-order valence-electron chi connectivity index (χ3n) is 8.05. The topological polar surface area (TPSA) is 121 Å². The van der Waals surface area contributed by atoms with Crippen LogP contribution < -0.4 is 32.0 Å². The van der Waals surface area contributed by atoms with Crippen molar-refractivity contribution < 1.29 is 9.59 Å². The normalized spacial score (nSPS) is 12.3. The average Bonchev–Trinajstić information content (AvgIpc) is 3.89. The van der Waals surface area contributed by atoms with Gasteiger partial charge in [-0.2, -0.15) is 0 Å². The largest absolute Gasteiger partial charge is 0.355 e. The van der Waals surface area contributed by atoms with Crippen molar-refractivity contribution in [3.63, 3.8) is 0 Å². The summed E-state index contributed by atoms with van der Waals surface area (Å²) in [4.78, 5) is 39.3. The molecule has 8 nitrogen and oxygen atoms in total. The number of amides is 2. The summed E-state index contributed by atoms with van der Waals surface area (Å²) in [6.07, 6.45) is 4.93. The Kier molecular flexibility index (Phi) is 9.18. The SMILES string of the molecule is O=C(CCBr)Nc1cccc(C2=c3ccc([nH]3)=Cc3ccc([nH]3)C=c3ccc([nH]3)=C(c3cccc(NC(=O)CCBr)c3)c3ccc2[nH]3)c1. The van der Waals surface area contributed by atoms with Crippen LogP contribution in [0.25, 0.3) is 23.3 Å². The van der Waals surface area contributed by atoms with Gasteiger partial charge in [0.1, 0.15) is 0 Å². The molecule has 10 heteroatoms. The zero-order valence-electron chi connectivity index (χ0n) is 25.8. The Bertz CT molecular complexity index is 2230. The van der Waals surface area contributed by atoms with E-state index in [0.717, 1.165) is 77.8 Å². The average molecular weight is 765 g/mol. The van der Waals surface area contributed by atoms with E-state index in [1.807, 2.05) is 48.5 Å². The van der Waals surface area contributed by atoms with Crippen LogP contribution in [0.4, 0.5) is 11.4 Å². The molecule has 0 unspecified atom stereocenters. The molecule has 5 heterocycles. The van der Waals surface area contributed by atoms with E-state index < -0.39 is 0 Å². The van der Waals surface area contributed by atoms with Crippen molar-refractivity contribution in [1.29, 1.82) is 0 Å². The number of aromatic nitrogens is 4. The highest BCUT2D eigenvalue weighted by atomic mass is 79.9. The number of fused-ring (bicyclic) bond motifs is 8. The first-order chi connectivity index (χ1) is 23.4. The van der Waals surface area contributed by atoms with E-state index in [1.54, 1.807) is 0 Å². The van der Waals surface area contributed by atoms with Gasteiger partial charge in [-0.15, -0.1) is 0 Å². The molecule has 2 amide bonds. The Hall–Kier alpha value is -5.06. The number of aromatic amines is 4. The number of H-pyrrole nitrogens is 4. The highest BCUT2D eigenvalue weighted by molar-refractivity contribution is 9.09. The van der Waals surface area contributed by atoms with Crippen LogP contribution in [-0.4, -0.2) is 42.4 Å². The van der Waals surface area contributed by atoms with E-state index in [1.165, 1.54) is 0 Å². The first-order valence-electron chi connectivity index (χ1n) is 15.6. The molecular weight excluding hydrogens is 732 g/mol. The third kappa shape index (κ3) is 6.95. The first-order valence-corrected chi connectivity index (χ1v) is 17.8. The molecule has 6 N–H and O–H groups in total. The van der Waals surface area contributed by atoms with E-state index in [4.69, 9.17) is 0 Å². The van der Waals surface area contributed by atoms with E-state index >= 15 is 0 Å². The number of hydrogen-bond acceptors (Lipinski definition) is 2. The predicted octanol–water partition coefficient (Wildman–Crippen LogP) is 4.91. The predicted molar refractivity (Wildman–Crippen MR) is 199 cm³/mol. The second-order valence-electron chi connectivity index (χ2n) is 11.5. The van der Waals surface area contributed by atoms with Gasteiger partial charge in [0.25, 0.3) is 0 Å². The van der Waals surface area contributed by atoms with E-state index in [-0.39, 0.29) is 11.8 Å². The molecule has 240 valence electrons. The van der Waals surface area contributed by atoms with Crippen molar-refractivity contribution in [3.05, 3.63) is 152 Å². The van der Waals surface area contributed by atoms with Gasteiger partial charge in [-0.25, -0.2) is 0 Å². The van der Waals surface area contributed by atoms with Gasteiger partial charge < -0.3 is 30.6 Å². The molecular formula is C38H32Br2N6O2. The van der Waals surface area contributed by atoms with Crippen LogP contribution in [0.3, 0.4) is 0 Å². The number of nitrogens with one attached hydrogen (secondary N) is 6. The maximum Gasteiger partial charge on any atom is 0.225 e. The van der Waals surface area contributed by atoms with Crippen molar-refractivity contribution in [1.82, 2.24) is 19.9 Å². The monoisotopic (exact) mass is 762 g/mol. The molecule has 7 rings (SSSR count). The summed E-state index contributed by atoms with van der Waals surface area (Å²) in [5.74, 6) is -0.104. The fourth-order valence-corrected chi connectivity index (χ4v) is 6.66. The number of benzene rings is 2. The van der Waals surface area contributed by atoms with E-state index in [0.29, 0.717) is 23.5 Å². The third-order valence-corrected chi connectivity index (χ3v) is 8.84. The Morgan fingerprint density at radius 3 is 1.48 bits per heavy atom. The van der Waals surface area contributed by atoms with Crippen LogP contribution in [0.15, 0.2) is 97.1 Å². The minimum absolute atomic E-state index is 0.0522. The number of halogens is 2. The fraction of sp³-hybridized carbons (Fsp3) is 0.105. The lowest BCUT2D eigenvalue weighted by atomic mass is 10.0. The van der Waals surface area contributed by atoms with Gasteiger partial charge in [0.05, 0.1) is 0 Å². The van der Waals surface area contributed by atoms with E-state index in [2.05, 4.69) is 123 Å². The van der Waals surface area contributed by atoms with Gasteiger partial charge in [0.15, 0.2) is 0 Å². The molecule has 0 saturated carbocycles. The lowest BCUT2D eigenvalue weighted by Crippen LogP contribution is -2.16. The number of anilines is 2. The summed E-state index contributed by atoms with van der Waals surface area (Å²) < 4.78 is 0. The Morgan fingerprint density at radius 2 is 1.02 bits per heavy atom. The van der Waals surface area contributed by atoms with Gasteiger partial charge in [0, 0.05) is 90.2 Å². The molecule has 0 saturated heterocycles. The van der Waals surface area contributed by atoms with Gasteiger partial charge in [-0.05, 0) is 96.1 Å². The van der Waals surface area contributed by atoms with Gasteiger partial charge >= 0.3 is 0 Å². The molecule has 2 aromatic carbocycles. The molecule has 48 heavy (non-hydrogen) atoms. The van der Waals surface area contributed by atoms with Crippen molar-refractivity contribution in [2.45, 2.75) is 12.8 Å². The van der Waals surface area contributed by atoms with Gasteiger partial charge in [-0.1, -0.05) is 56.1 Å². The summed E-state index contributed by atoms with van der Waals surface area (Å²) in [5.41, 5.74) is 8.97. The van der Waals surface area contributed by atoms with Gasteiger partial charge in [0.2, 0.25) is 11.8 Å². The highest BCUT2D eigenvalue weighted by Crippen LogP contribution is 2.28. The van der Waals surface area contributed by atoms with Crippen LogP contribution in [-0.2, 0) is 9.59 Å². The summed E-state index contributed by atoms with van der Waals surface area (Å²) in [6.45, 7) is 0. The smallest absolute Gasteiger partial charge is 0.225 e. The number of hydrogen-bond donors (Lipinski definition) is 6. The highest BCUT2D eigenvalue weighted by Gasteiger charge is 2.16. The Morgan fingerprint density at radius 1 is 0.542 bits per heavy atom. The van der Waals surface area contributed by atoms with Crippen molar-refractivity contribution >= 4 is 78.3 Å². The van der Waals surface area contributed by atoms with Crippen molar-refractivity contribution in [2.75, 3.05) is 21.3 Å². The molecule has 0 radical (unpaired) electrons. The lowest BCUT2D eigenvalue weighted by molar-refractivity contribution is -0.116. The Labute approximate surface area is 293 Å². The molecule has 8 bridgehead atoms. The second kappa shape index (κ2) is 14.0. The molecule has 0 spiro atoms. The molecule has 0 atom stereocenters. The van der Waals surface area contributed by atoms with Crippen LogP contribution in [0.2, 0.25) is 0 Å². The minimum atomic E-state index is -0.0522. The van der Waals surface area contributed by atoms with Crippen molar-refractivity contribution in [2.24, 2.45) is 0 Å². The second-order valence-corrected chi connectivity index (χ2v) is 13.1. The maximum absolute atomic E-state index is 12.5. The standard InChI is InChI=1S/C38H32Br2N6O2/c39-17-15-35(47)44-25-5-1-3-23(19-25)37-31-11-9-29(42-31)21-27-7-8-28(41-27)22-30-10-12-32(43-30)38(34-14-13-33(37)46-34)24-4-2-6-26(20-24)45-36(48)16-18-40/h1-14,19-22,41-43,46H,15-18H2,(H,44,47)(H,45,48). The van der Waals surface area contributed by atoms with Crippen LogP contribution >= 0.6 is 31.9 Å². The number of carbonyl (C=O) groups excluding carboxylic acids is 2. The summed E-state index contributed by atoms with van der Waals surface area (Å²) in [7, 11) is 0. The molecule has 6 aromatic rings. The number of carbonyl (C=O) groups is 2. The number of alkyl halides is 2. The molecule has 1 aliphatic rings. The summed E-state index contributed by atoms with van der Waals surface area (Å²) in [5, 5.41) is 11.0. The van der Waals surface area contributed by atoms with Gasteiger partial charge in [-0.3, -0.25) is 9.59 Å². The molecule has 1 aliphatic heterocycles. The molecule has 0 fully saturated rings. The summed E-state index contributed by atoms with van der Waals surface area (Å²) in [6, 6.07) is 32.4. The zero-order chi connectivity index (χ0) is 33.0. The lowest BCUT2D eigenvalue weighted by Gasteiger charge is -2.11. The molecule has 0 aliphatic carbocycles. The van der Waals surface area contributed by atoms with Crippen LogP contribution in [0, 0.1) is 0 Å². The van der Waals surface area contributed by atoms with Crippen LogP contribution in [0.1, 0.15) is 46.7 Å². The van der Waals surface area contributed by atoms with Crippen molar-refractivity contribution in [3.8, 4) is 0 Å². The Balaban J connectivity index is 1.44. The first kappa shape index (κ1) is 31.5. The number of rotatable bonds is 8. The van der Waals surface area contributed by atoms with E-state index in [9.17, 15) is 9.59 Å². The minimum Gasteiger partial charge on any atom is -0.355 e. The van der Waals surface area contributed by atoms with Crippen LogP contribution in [0.5, 0.6) is 0 Å². The molecule has 4 aromatic heterocycles. The fourth-order valence-electron chi connectivity index (χ4n) is 5.94. The zero-order valence-corrected chi connectivity index (χ0v) is 29.0. The summed E-state index contributed by atoms with van der Waals surface area (Å²) >= 11 is 6.71.